The van der Waals surface area contributed by atoms with Crippen LogP contribution in [-0.4, -0.2) is 16.2 Å². The molecule has 1 rings (SSSR count). The fourth-order valence-corrected chi connectivity index (χ4v) is 1.03. The molecule has 0 saturated heterocycles. The summed E-state index contributed by atoms with van der Waals surface area (Å²) in [6.07, 6.45) is -3.90. The molecule has 2 N–H and O–H groups in total. The fraction of sp³-hybridized carbons (Fsp3) is 0.364. The number of benzene rings is 1. The SMILES string of the molecule is [2H]C(Cc1cccc(O)c1)C([2H])([2H])CC(=O)O. The Morgan fingerprint density at radius 2 is 2.29 bits per heavy atom. The Morgan fingerprint density at radius 3 is 2.93 bits per heavy atom. The van der Waals surface area contributed by atoms with E-state index in [1.165, 1.54) is 12.1 Å². The second-order valence-electron chi connectivity index (χ2n) is 2.85. The van der Waals surface area contributed by atoms with E-state index >= 15 is 0 Å². The minimum Gasteiger partial charge on any atom is -0.508 e. The lowest BCUT2D eigenvalue weighted by atomic mass is 10.1. The van der Waals surface area contributed by atoms with Crippen LogP contribution in [0.15, 0.2) is 24.3 Å². The average Bonchev–Trinajstić information content (AvgIpc) is 2.15. The molecule has 0 saturated carbocycles. The van der Waals surface area contributed by atoms with Crippen LogP contribution in [-0.2, 0) is 11.2 Å². The molecule has 1 aromatic carbocycles. The highest BCUT2D eigenvalue weighted by atomic mass is 16.4. The van der Waals surface area contributed by atoms with E-state index in [4.69, 9.17) is 9.22 Å². The van der Waals surface area contributed by atoms with Crippen molar-refractivity contribution in [1.82, 2.24) is 0 Å². The number of hydrogen-bond donors (Lipinski definition) is 2. The predicted molar refractivity (Wildman–Crippen MR) is 53.3 cm³/mol. The smallest absolute Gasteiger partial charge is 0.303 e. The molecule has 0 aliphatic carbocycles. The number of carboxylic acids is 1. The van der Waals surface area contributed by atoms with E-state index < -0.39 is 25.2 Å². The van der Waals surface area contributed by atoms with Crippen LogP contribution in [0, 0.1) is 0 Å². The molecule has 14 heavy (non-hydrogen) atoms. The van der Waals surface area contributed by atoms with E-state index in [-0.39, 0.29) is 12.2 Å². The molecule has 0 aliphatic rings. The zero-order valence-electron chi connectivity index (χ0n) is 10.6. The quantitative estimate of drug-likeness (QED) is 0.760. The molecule has 1 aromatic rings. The Hall–Kier alpha value is -1.51. The number of aryl methyl sites for hydroxylation is 1. The van der Waals surface area contributed by atoms with E-state index in [0.717, 1.165) is 0 Å². The van der Waals surface area contributed by atoms with Gasteiger partial charge in [0.2, 0.25) is 0 Å². The summed E-state index contributed by atoms with van der Waals surface area (Å²) in [5, 5.41) is 17.8. The first-order valence-corrected chi connectivity index (χ1v) is 4.23. The van der Waals surface area contributed by atoms with E-state index in [2.05, 4.69) is 0 Å². The second kappa shape index (κ2) is 5.27. The number of hydrogen-bond acceptors (Lipinski definition) is 2. The van der Waals surface area contributed by atoms with Crippen LogP contribution in [0.4, 0.5) is 0 Å². The highest BCUT2D eigenvalue weighted by molar-refractivity contribution is 5.66. The van der Waals surface area contributed by atoms with Gasteiger partial charge in [0, 0.05) is 10.5 Å². The molecule has 0 radical (unpaired) electrons. The van der Waals surface area contributed by atoms with Crippen LogP contribution in [0.5, 0.6) is 5.75 Å². The predicted octanol–water partition coefficient (Wildman–Crippen LogP) is 2.19. The average molecular weight is 197 g/mol. The molecule has 3 nitrogen and oxygen atoms in total. The number of aliphatic carboxylic acids is 1. The summed E-state index contributed by atoms with van der Waals surface area (Å²) < 4.78 is 22.7. The van der Waals surface area contributed by atoms with E-state index in [1.807, 2.05) is 0 Å². The highest BCUT2D eigenvalue weighted by Crippen LogP contribution is 2.13. The van der Waals surface area contributed by atoms with Gasteiger partial charge in [-0.3, -0.25) is 4.79 Å². The maximum absolute atomic E-state index is 10.5. The summed E-state index contributed by atoms with van der Waals surface area (Å²) in [7, 11) is 0. The molecular formula is C11H14O3. The van der Waals surface area contributed by atoms with Gasteiger partial charge in [0.05, 0.1) is 0 Å². The summed E-state index contributed by atoms with van der Waals surface area (Å²) in [6.45, 7) is 0. The van der Waals surface area contributed by atoms with E-state index in [9.17, 15) is 9.90 Å². The van der Waals surface area contributed by atoms with E-state index in [0.29, 0.717) is 5.56 Å². The van der Waals surface area contributed by atoms with Crippen molar-refractivity contribution in [3.05, 3.63) is 29.8 Å². The second-order valence-corrected chi connectivity index (χ2v) is 2.85. The third kappa shape index (κ3) is 3.94. The van der Waals surface area contributed by atoms with E-state index in [1.54, 1.807) is 12.1 Å². The molecule has 0 fully saturated rings. The van der Waals surface area contributed by atoms with Crippen LogP contribution in [0.3, 0.4) is 0 Å². The Labute approximate surface area is 87.2 Å². The highest BCUT2D eigenvalue weighted by Gasteiger charge is 1.98. The van der Waals surface area contributed by atoms with Gasteiger partial charge < -0.3 is 10.2 Å². The first kappa shape index (κ1) is 6.87. The maximum atomic E-state index is 10.5. The third-order valence-corrected chi connectivity index (χ3v) is 1.65. The van der Waals surface area contributed by atoms with Gasteiger partial charge in [-0.05, 0) is 36.9 Å². The summed E-state index contributed by atoms with van der Waals surface area (Å²) in [4.78, 5) is 10.5. The normalized spacial score (nSPS) is 16.4. The first-order chi connectivity index (χ1) is 7.81. The van der Waals surface area contributed by atoms with Gasteiger partial charge in [0.25, 0.3) is 0 Å². The number of phenolic OH excluding ortho intramolecular Hbond substituents is 1. The molecule has 76 valence electrons. The topological polar surface area (TPSA) is 57.5 Å². The first-order valence-electron chi connectivity index (χ1n) is 5.81. The number of phenols is 1. The van der Waals surface area contributed by atoms with Gasteiger partial charge in [-0.1, -0.05) is 12.1 Å². The molecule has 0 amide bonds. The molecule has 0 spiro atoms. The monoisotopic (exact) mass is 197 g/mol. The van der Waals surface area contributed by atoms with Crippen LogP contribution < -0.4 is 0 Å². The Kier molecular flexibility index (Phi) is 2.59. The largest absolute Gasteiger partial charge is 0.508 e. The standard InChI is InChI=1S/C11H14O3/c12-10-6-3-5-9(8-10)4-1-2-7-11(13)14/h3,5-6,8,12H,1-2,4,7H2,(H,13,14)/i1D,2D2. The Morgan fingerprint density at radius 1 is 1.50 bits per heavy atom. The summed E-state index contributed by atoms with van der Waals surface area (Å²) >= 11 is 0. The number of carbonyl (C=O) groups is 1. The lowest BCUT2D eigenvalue weighted by Crippen LogP contribution is -1.94. The van der Waals surface area contributed by atoms with Crippen LogP contribution >= 0.6 is 0 Å². The summed E-state index contributed by atoms with van der Waals surface area (Å²) in [5.41, 5.74) is 0.610. The number of aromatic hydroxyl groups is 1. The number of rotatable bonds is 5. The van der Waals surface area contributed by atoms with Gasteiger partial charge in [-0.2, -0.15) is 0 Å². The van der Waals surface area contributed by atoms with Crippen molar-refractivity contribution in [2.75, 3.05) is 0 Å². The van der Waals surface area contributed by atoms with Crippen molar-refractivity contribution in [3.8, 4) is 5.75 Å². The van der Waals surface area contributed by atoms with Crippen LogP contribution in [0.1, 0.15) is 28.9 Å². The third-order valence-electron chi connectivity index (χ3n) is 1.65. The fourth-order valence-electron chi connectivity index (χ4n) is 1.03. The zero-order chi connectivity index (χ0) is 13.1. The number of carboxylic acid groups (broad SMARTS) is 1. The van der Waals surface area contributed by atoms with Crippen LogP contribution in [0.25, 0.3) is 0 Å². The zero-order valence-corrected chi connectivity index (χ0v) is 7.60. The molecule has 0 aromatic heterocycles. The van der Waals surface area contributed by atoms with Crippen molar-refractivity contribution in [2.24, 2.45) is 0 Å². The molecule has 1 atom stereocenters. The summed E-state index contributed by atoms with van der Waals surface area (Å²) in [5.74, 6) is -1.21. The minimum atomic E-state index is -2.09. The molecule has 0 heterocycles. The van der Waals surface area contributed by atoms with Crippen molar-refractivity contribution in [2.45, 2.75) is 25.6 Å². The Bertz CT molecular complexity index is 407. The maximum Gasteiger partial charge on any atom is 0.303 e. The van der Waals surface area contributed by atoms with Crippen molar-refractivity contribution in [1.29, 1.82) is 0 Å². The summed E-state index contributed by atoms with van der Waals surface area (Å²) in [6, 6.07) is 6.19. The lowest BCUT2D eigenvalue weighted by Gasteiger charge is -2.00. The van der Waals surface area contributed by atoms with Gasteiger partial charge in [0.15, 0.2) is 0 Å². The molecule has 1 unspecified atom stereocenters. The van der Waals surface area contributed by atoms with Gasteiger partial charge >= 0.3 is 5.97 Å². The van der Waals surface area contributed by atoms with Crippen molar-refractivity contribution in [3.63, 3.8) is 0 Å². The van der Waals surface area contributed by atoms with Gasteiger partial charge in [-0.15, -0.1) is 0 Å². The lowest BCUT2D eigenvalue weighted by molar-refractivity contribution is -0.137. The van der Waals surface area contributed by atoms with Gasteiger partial charge in [0.1, 0.15) is 5.75 Å². The van der Waals surface area contributed by atoms with Crippen molar-refractivity contribution >= 4 is 5.97 Å². The van der Waals surface area contributed by atoms with Crippen molar-refractivity contribution < 1.29 is 19.1 Å². The molecule has 3 heteroatoms. The van der Waals surface area contributed by atoms with Gasteiger partial charge in [-0.25, -0.2) is 0 Å². The molecule has 0 aliphatic heterocycles. The Balaban J connectivity index is 2.71. The molecular weight excluding hydrogens is 180 g/mol. The van der Waals surface area contributed by atoms with Crippen LogP contribution in [0.2, 0.25) is 0 Å². The molecule has 0 bridgehead atoms. The minimum absolute atomic E-state index is 0.0495.